The molecule has 0 saturated carbocycles. The van der Waals surface area contributed by atoms with Gasteiger partial charge in [-0.2, -0.15) is 0 Å². The molecule has 0 aliphatic heterocycles. The van der Waals surface area contributed by atoms with Gasteiger partial charge in [0.2, 0.25) is 0 Å². The van der Waals surface area contributed by atoms with Crippen molar-refractivity contribution in [1.82, 2.24) is 5.32 Å². The fourth-order valence-electron chi connectivity index (χ4n) is 1.92. The third-order valence-corrected chi connectivity index (χ3v) is 2.87. The quantitative estimate of drug-likeness (QED) is 0.645. The van der Waals surface area contributed by atoms with Crippen molar-refractivity contribution in [3.8, 4) is 5.75 Å². The SMILES string of the molecule is Cc1cccc(CNCC(C)C)c1OCCOCCO. The number of hydrogen-bond donors (Lipinski definition) is 2. The molecule has 0 radical (unpaired) electrons. The lowest BCUT2D eigenvalue weighted by molar-refractivity contribution is 0.0701. The van der Waals surface area contributed by atoms with Gasteiger partial charge in [0, 0.05) is 12.1 Å². The van der Waals surface area contributed by atoms with Gasteiger partial charge in [0.15, 0.2) is 0 Å². The van der Waals surface area contributed by atoms with Crippen molar-refractivity contribution in [2.45, 2.75) is 27.3 Å². The van der Waals surface area contributed by atoms with E-state index in [1.807, 2.05) is 0 Å². The Hall–Kier alpha value is -1.10. The predicted molar refractivity (Wildman–Crippen MR) is 81.1 cm³/mol. The number of nitrogens with one attached hydrogen (secondary N) is 1. The maximum absolute atomic E-state index is 8.64. The normalized spacial score (nSPS) is 11.1. The molecule has 1 rings (SSSR count). The summed E-state index contributed by atoms with van der Waals surface area (Å²) in [5, 5.41) is 12.1. The summed E-state index contributed by atoms with van der Waals surface area (Å²) >= 11 is 0. The Morgan fingerprint density at radius 2 is 2.00 bits per heavy atom. The van der Waals surface area contributed by atoms with Gasteiger partial charge in [-0.3, -0.25) is 0 Å². The van der Waals surface area contributed by atoms with Crippen LogP contribution in [0.2, 0.25) is 0 Å². The van der Waals surface area contributed by atoms with Crippen molar-refractivity contribution in [3.63, 3.8) is 0 Å². The summed E-state index contributed by atoms with van der Waals surface area (Å²) in [6.07, 6.45) is 0. The maximum Gasteiger partial charge on any atom is 0.126 e. The van der Waals surface area contributed by atoms with Crippen molar-refractivity contribution in [1.29, 1.82) is 0 Å². The Balaban J connectivity index is 2.49. The molecular formula is C16H27NO3. The highest BCUT2D eigenvalue weighted by molar-refractivity contribution is 5.40. The molecule has 4 heteroatoms. The molecule has 0 heterocycles. The van der Waals surface area contributed by atoms with Crippen molar-refractivity contribution in [2.75, 3.05) is 33.0 Å². The van der Waals surface area contributed by atoms with Gasteiger partial charge in [-0.25, -0.2) is 0 Å². The zero-order valence-corrected chi connectivity index (χ0v) is 12.8. The van der Waals surface area contributed by atoms with E-state index in [4.69, 9.17) is 14.6 Å². The second-order valence-electron chi connectivity index (χ2n) is 5.27. The molecule has 0 aromatic heterocycles. The van der Waals surface area contributed by atoms with Crippen LogP contribution in [0.25, 0.3) is 0 Å². The molecule has 0 fully saturated rings. The molecule has 0 atom stereocenters. The van der Waals surface area contributed by atoms with E-state index in [9.17, 15) is 0 Å². The minimum Gasteiger partial charge on any atom is -0.491 e. The van der Waals surface area contributed by atoms with Gasteiger partial charge in [0.1, 0.15) is 12.4 Å². The summed E-state index contributed by atoms with van der Waals surface area (Å²) in [6.45, 7) is 9.65. The molecule has 4 nitrogen and oxygen atoms in total. The number of aryl methyl sites for hydroxylation is 1. The van der Waals surface area contributed by atoms with Crippen LogP contribution in [-0.4, -0.2) is 38.1 Å². The Morgan fingerprint density at radius 3 is 2.70 bits per heavy atom. The highest BCUT2D eigenvalue weighted by Crippen LogP contribution is 2.23. The monoisotopic (exact) mass is 281 g/mol. The molecular weight excluding hydrogens is 254 g/mol. The number of para-hydroxylation sites is 1. The number of ether oxygens (including phenoxy) is 2. The number of benzene rings is 1. The van der Waals surface area contributed by atoms with Gasteiger partial charge in [0.25, 0.3) is 0 Å². The van der Waals surface area contributed by atoms with Gasteiger partial charge in [-0.05, 0) is 24.9 Å². The van der Waals surface area contributed by atoms with Gasteiger partial charge in [0.05, 0.1) is 19.8 Å². The van der Waals surface area contributed by atoms with Crippen molar-refractivity contribution in [3.05, 3.63) is 29.3 Å². The topological polar surface area (TPSA) is 50.7 Å². The lowest BCUT2D eigenvalue weighted by atomic mass is 10.1. The molecule has 1 aromatic carbocycles. The molecule has 0 bridgehead atoms. The van der Waals surface area contributed by atoms with Crippen LogP contribution in [0.3, 0.4) is 0 Å². The first kappa shape index (κ1) is 17.0. The minimum atomic E-state index is 0.0503. The van der Waals surface area contributed by atoms with Gasteiger partial charge in [-0.1, -0.05) is 32.0 Å². The maximum atomic E-state index is 8.64. The summed E-state index contributed by atoms with van der Waals surface area (Å²) in [5.74, 6) is 1.58. The molecule has 0 spiro atoms. The van der Waals surface area contributed by atoms with Crippen LogP contribution < -0.4 is 10.1 Å². The molecule has 0 aliphatic rings. The number of hydrogen-bond acceptors (Lipinski definition) is 4. The first-order valence-electron chi connectivity index (χ1n) is 7.25. The summed E-state index contributed by atoms with van der Waals surface area (Å²) in [6, 6.07) is 6.19. The Labute approximate surface area is 122 Å². The molecule has 114 valence electrons. The lowest BCUT2D eigenvalue weighted by Crippen LogP contribution is -2.20. The predicted octanol–water partition coefficient (Wildman–Crippen LogP) is 2.13. The number of aliphatic hydroxyl groups is 1. The molecule has 20 heavy (non-hydrogen) atoms. The smallest absolute Gasteiger partial charge is 0.126 e. The van der Waals surface area contributed by atoms with Crippen molar-refractivity contribution < 1.29 is 14.6 Å². The fourth-order valence-corrected chi connectivity index (χ4v) is 1.92. The van der Waals surface area contributed by atoms with Crippen LogP contribution >= 0.6 is 0 Å². The molecule has 0 saturated heterocycles. The van der Waals surface area contributed by atoms with Crippen LogP contribution in [0, 0.1) is 12.8 Å². The Bertz CT molecular complexity index is 380. The van der Waals surface area contributed by atoms with E-state index in [1.165, 1.54) is 5.56 Å². The zero-order valence-electron chi connectivity index (χ0n) is 12.8. The first-order valence-corrected chi connectivity index (χ1v) is 7.25. The van der Waals surface area contributed by atoms with E-state index in [2.05, 4.69) is 44.3 Å². The van der Waals surface area contributed by atoms with E-state index in [1.54, 1.807) is 0 Å². The number of aliphatic hydroxyl groups excluding tert-OH is 1. The molecule has 0 aliphatic carbocycles. The Kier molecular flexibility index (Phi) is 8.26. The van der Waals surface area contributed by atoms with E-state index >= 15 is 0 Å². The summed E-state index contributed by atoms with van der Waals surface area (Å²) < 4.78 is 11.0. The van der Waals surface area contributed by atoms with E-state index in [0.717, 1.165) is 24.4 Å². The van der Waals surface area contributed by atoms with Crippen LogP contribution in [-0.2, 0) is 11.3 Å². The molecule has 2 N–H and O–H groups in total. The third-order valence-electron chi connectivity index (χ3n) is 2.87. The van der Waals surface area contributed by atoms with Crippen LogP contribution in [0.15, 0.2) is 18.2 Å². The zero-order chi connectivity index (χ0) is 14.8. The summed E-state index contributed by atoms with van der Waals surface area (Å²) in [5.41, 5.74) is 2.31. The van der Waals surface area contributed by atoms with Crippen LogP contribution in [0.5, 0.6) is 5.75 Å². The van der Waals surface area contributed by atoms with Gasteiger partial charge < -0.3 is 19.9 Å². The minimum absolute atomic E-state index is 0.0503. The Morgan fingerprint density at radius 1 is 1.20 bits per heavy atom. The van der Waals surface area contributed by atoms with E-state index in [0.29, 0.717) is 25.7 Å². The molecule has 0 unspecified atom stereocenters. The van der Waals surface area contributed by atoms with Crippen LogP contribution in [0.4, 0.5) is 0 Å². The van der Waals surface area contributed by atoms with E-state index in [-0.39, 0.29) is 6.61 Å². The van der Waals surface area contributed by atoms with Crippen molar-refractivity contribution >= 4 is 0 Å². The van der Waals surface area contributed by atoms with E-state index < -0.39 is 0 Å². The largest absolute Gasteiger partial charge is 0.491 e. The molecule has 1 aromatic rings. The standard InChI is InChI=1S/C16H27NO3/c1-13(2)11-17-12-15-6-4-5-14(3)16(15)20-10-9-19-8-7-18/h4-6,13,17-18H,7-12H2,1-3H3. The van der Waals surface area contributed by atoms with Gasteiger partial charge >= 0.3 is 0 Å². The highest BCUT2D eigenvalue weighted by atomic mass is 16.5. The second kappa shape index (κ2) is 9.75. The fraction of sp³-hybridized carbons (Fsp3) is 0.625. The highest BCUT2D eigenvalue weighted by Gasteiger charge is 2.07. The third kappa shape index (κ3) is 6.37. The first-order chi connectivity index (χ1) is 9.65. The summed E-state index contributed by atoms with van der Waals surface area (Å²) in [7, 11) is 0. The number of rotatable bonds is 10. The molecule has 0 amide bonds. The lowest BCUT2D eigenvalue weighted by Gasteiger charge is -2.15. The van der Waals surface area contributed by atoms with Crippen molar-refractivity contribution in [2.24, 2.45) is 5.92 Å². The average molecular weight is 281 g/mol. The second-order valence-corrected chi connectivity index (χ2v) is 5.27. The van der Waals surface area contributed by atoms with Gasteiger partial charge in [-0.15, -0.1) is 0 Å². The average Bonchev–Trinajstić information content (AvgIpc) is 2.40. The van der Waals surface area contributed by atoms with Crippen LogP contribution in [0.1, 0.15) is 25.0 Å². The summed E-state index contributed by atoms with van der Waals surface area (Å²) in [4.78, 5) is 0.